The van der Waals surface area contributed by atoms with Crippen molar-refractivity contribution < 1.29 is 14.3 Å². The lowest BCUT2D eigenvalue weighted by Gasteiger charge is -2.14. The predicted molar refractivity (Wildman–Crippen MR) is 107 cm³/mol. The van der Waals surface area contributed by atoms with Gasteiger partial charge in [0.15, 0.2) is 0 Å². The van der Waals surface area contributed by atoms with Crippen molar-refractivity contribution in [3.05, 3.63) is 46.7 Å². The summed E-state index contributed by atoms with van der Waals surface area (Å²) in [6.45, 7) is 0.513. The summed E-state index contributed by atoms with van der Waals surface area (Å²) in [4.78, 5) is 24.9. The second-order valence-electron chi connectivity index (χ2n) is 6.54. The van der Waals surface area contributed by atoms with Crippen LogP contribution in [0.5, 0.6) is 5.75 Å². The first kappa shape index (κ1) is 19.2. The number of imide groups is 1. The SMILES string of the molecule is O=C(CNc1cccc(OC2CCCC2)c1)NC(=O)NCCc1cccs1. The lowest BCUT2D eigenvalue weighted by atomic mass is 10.2. The van der Waals surface area contributed by atoms with Crippen molar-refractivity contribution in [2.75, 3.05) is 18.4 Å². The highest BCUT2D eigenvalue weighted by molar-refractivity contribution is 7.09. The number of amides is 3. The summed E-state index contributed by atoms with van der Waals surface area (Å²) < 4.78 is 5.96. The maximum Gasteiger partial charge on any atom is 0.321 e. The molecule has 1 aromatic heterocycles. The minimum Gasteiger partial charge on any atom is -0.490 e. The second kappa shape index (κ2) is 9.97. The molecule has 27 heavy (non-hydrogen) atoms. The first-order valence-corrected chi connectivity index (χ1v) is 10.2. The van der Waals surface area contributed by atoms with Crippen molar-refractivity contribution in [2.45, 2.75) is 38.2 Å². The minimum atomic E-state index is -0.475. The zero-order valence-corrected chi connectivity index (χ0v) is 16.0. The van der Waals surface area contributed by atoms with E-state index in [-0.39, 0.29) is 12.5 Å². The zero-order chi connectivity index (χ0) is 18.9. The summed E-state index contributed by atoms with van der Waals surface area (Å²) in [5, 5.41) is 10.0. The molecule has 6 nitrogen and oxygen atoms in total. The number of anilines is 1. The number of urea groups is 1. The third-order valence-corrected chi connectivity index (χ3v) is 5.32. The number of ether oxygens (including phenoxy) is 1. The molecule has 1 saturated carbocycles. The molecule has 1 aliphatic rings. The number of carbonyl (C=O) groups excluding carboxylic acids is 2. The maximum absolute atomic E-state index is 11.9. The van der Waals surface area contributed by atoms with Crippen LogP contribution in [0.15, 0.2) is 41.8 Å². The van der Waals surface area contributed by atoms with E-state index in [1.165, 1.54) is 17.7 Å². The molecule has 3 rings (SSSR count). The summed E-state index contributed by atoms with van der Waals surface area (Å²) in [6.07, 6.45) is 5.69. The van der Waals surface area contributed by atoms with Crippen LogP contribution in [0.4, 0.5) is 10.5 Å². The van der Waals surface area contributed by atoms with Gasteiger partial charge in [0, 0.05) is 23.2 Å². The molecule has 1 aliphatic carbocycles. The topological polar surface area (TPSA) is 79.5 Å². The van der Waals surface area contributed by atoms with Gasteiger partial charge in [-0.1, -0.05) is 12.1 Å². The van der Waals surface area contributed by atoms with Gasteiger partial charge in [0.2, 0.25) is 5.91 Å². The van der Waals surface area contributed by atoms with Gasteiger partial charge in [-0.2, -0.15) is 0 Å². The molecule has 2 aromatic rings. The van der Waals surface area contributed by atoms with Crippen LogP contribution >= 0.6 is 11.3 Å². The van der Waals surface area contributed by atoms with E-state index in [0.717, 1.165) is 30.7 Å². The molecular formula is C20H25N3O3S. The van der Waals surface area contributed by atoms with Crippen molar-refractivity contribution in [1.29, 1.82) is 0 Å². The first-order chi connectivity index (χ1) is 13.2. The number of carbonyl (C=O) groups is 2. The predicted octanol–water partition coefficient (Wildman–Crippen LogP) is 3.55. The van der Waals surface area contributed by atoms with Gasteiger partial charge < -0.3 is 15.4 Å². The van der Waals surface area contributed by atoms with E-state index in [1.807, 2.05) is 41.8 Å². The summed E-state index contributed by atoms with van der Waals surface area (Å²) in [5.41, 5.74) is 0.791. The number of nitrogens with one attached hydrogen (secondary N) is 3. The Morgan fingerprint density at radius 2 is 2.00 bits per heavy atom. The van der Waals surface area contributed by atoms with Crippen LogP contribution in [0.3, 0.4) is 0 Å². The molecule has 144 valence electrons. The molecule has 1 fully saturated rings. The Kier molecular flexibility index (Phi) is 7.10. The molecule has 1 aromatic carbocycles. The smallest absolute Gasteiger partial charge is 0.321 e. The molecular weight excluding hydrogens is 362 g/mol. The van der Waals surface area contributed by atoms with Gasteiger partial charge in [-0.15, -0.1) is 11.3 Å². The fourth-order valence-electron chi connectivity index (χ4n) is 3.03. The fraction of sp³-hybridized carbons (Fsp3) is 0.400. The minimum absolute atomic E-state index is 0.0191. The van der Waals surface area contributed by atoms with Gasteiger partial charge in [-0.25, -0.2) is 4.79 Å². The molecule has 3 N–H and O–H groups in total. The molecule has 3 amide bonds. The lowest BCUT2D eigenvalue weighted by molar-refractivity contribution is -0.118. The molecule has 7 heteroatoms. The Labute approximate surface area is 163 Å². The van der Waals surface area contributed by atoms with Crippen molar-refractivity contribution in [3.8, 4) is 5.75 Å². The standard InChI is InChI=1S/C20H25N3O3S/c24-19(23-20(25)21-11-10-18-9-4-12-27-18)14-22-15-5-3-8-17(13-15)26-16-6-1-2-7-16/h3-5,8-9,12-13,16,22H,1-2,6-7,10-11,14H2,(H2,21,23,24,25). The fourth-order valence-corrected chi connectivity index (χ4v) is 3.74. The van der Waals surface area contributed by atoms with Crippen LogP contribution in [-0.2, 0) is 11.2 Å². The van der Waals surface area contributed by atoms with Crippen LogP contribution in [-0.4, -0.2) is 31.1 Å². The quantitative estimate of drug-likeness (QED) is 0.647. The van der Waals surface area contributed by atoms with E-state index in [4.69, 9.17) is 4.74 Å². The number of thiophene rings is 1. The van der Waals surface area contributed by atoms with Crippen LogP contribution in [0.1, 0.15) is 30.6 Å². The molecule has 0 saturated heterocycles. The van der Waals surface area contributed by atoms with Gasteiger partial charge in [-0.3, -0.25) is 10.1 Å². The second-order valence-corrected chi connectivity index (χ2v) is 7.57. The molecule has 0 bridgehead atoms. The van der Waals surface area contributed by atoms with Gasteiger partial charge in [0.25, 0.3) is 0 Å². The van der Waals surface area contributed by atoms with Crippen molar-refractivity contribution in [1.82, 2.24) is 10.6 Å². The van der Waals surface area contributed by atoms with Gasteiger partial charge in [0.1, 0.15) is 5.75 Å². The average Bonchev–Trinajstić information content (AvgIpc) is 3.34. The van der Waals surface area contributed by atoms with Crippen LogP contribution in [0, 0.1) is 0 Å². The van der Waals surface area contributed by atoms with Crippen molar-refractivity contribution in [2.24, 2.45) is 0 Å². The lowest BCUT2D eigenvalue weighted by Crippen LogP contribution is -2.42. The van der Waals surface area contributed by atoms with Gasteiger partial charge in [0.05, 0.1) is 12.6 Å². The third kappa shape index (κ3) is 6.60. The number of benzene rings is 1. The van der Waals surface area contributed by atoms with Crippen LogP contribution < -0.4 is 20.7 Å². The highest BCUT2D eigenvalue weighted by Crippen LogP contribution is 2.25. The number of hydrogen-bond acceptors (Lipinski definition) is 5. The average molecular weight is 388 g/mol. The Bertz CT molecular complexity index is 743. The third-order valence-electron chi connectivity index (χ3n) is 4.38. The van der Waals surface area contributed by atoms with E-state index in [1.54, 1.807) is 11.3 Å². The van der Waals surface area contributed by atoms with Gasteiger partial charge >= 0.3 is 6.03 Å². The summed E-state index contributed by atoms with van der Waals surface area (Å²) >= 11 is 1.65. The Balaban J connectivity index is 1.36. The first-order valence-electron chi connectivity index (χ1n) is 9.30. The molecule has 0 atom stereocenters. The van der Waals surface area contributed by atoms with E-state index in [0.29, 0.717) is 12.6 Å². The Morgan fingerprint density at radius 1 is 1.15 bits per heavy atom. The van der Waals surface area contributed by atoms with Crippen molar-refractivity contribution >= 4 is 29.0 Å². The van der Waals surface area contributed by atoms with Crippen LogP contribution in [0.25, 0.3) is 0 Å². The molecule has 0 aliphatic heterocycles. The van der Waals surface area contributed by atoms with E-state index in [9.17, 15) is 9.59 Å². The van der Waals surface area contributed by atoms with Crippen LogP contribution in [0.2, 0.25) is 0 Å². The summed E-state index contributed by atoms with van der Waals surface area (Å²) in [7, 11) is 0. The van der Waals surface area contributed by atoms with E-state index < -0.39 is 6.03 Å². The molecule has 1 heterocycles. The van der Waals surface area contributed by atoms with E-state index >= 15 is 0 Å². The summed E-state index contributed by atoms with van der Waals surface area (Å²) in [5.74, 6) is 0.421. The summed E-state index contributed by atoms with van der Waals surface area (Å²) in [6, 6.07) is 11.1. The largest absolute Gasteiger partial charge is 0.490 e. The highest BCUT2D eigenvalue weighted by Gasteiger charge is 2.16. The molecule has 0 radical (unpaired) electrons. The Hall–Kier alpha value is -2.54. The van der Waals surface area contributed by atoms with Crippen molar-refractivity contribution in [3.63, 3.8) is 0 Å². The molecule has 0 unspecified atom stereocenters. The number of hydrogen-bond donors (Lipinski definition) is 3. The van der Waals surface area contributed by atoms with E-state index in [2.05, 4.69) is 16.0 Å². The zero-order valence-electron chi connectivity index (χ0n) is 15.2. The molecule has 0 spiro atoms. The normalized spacial score (nSPS) is 13.9. The van der Waals surface area contributed by atoms with Gasteiger partial charge in [-0.05, 0) is 55.7 Å². The highest BCUT2D eigenvalue weighted by atomic mass is 32.1. The maximum atomic E-state index is 11.9. The number of rotatable bonds is 8. The Morgan fingerprint density at radius 3 is 2.78 bits per heavy atom. The monoisotopic (exact) mass is 387 g/mol.